The number of anilines is 1. The SMILES string of the molecule is O=CC1N=C(Cl)C=NN1c1ccc(Cl)cc1. The molecule has 0 bridgehead atoms. The molecule has 1 aromatic rings. The van der Waals surface area contributed by atoms with Crippen molar-refractivity contribution in [1.82, 2.24) is 0 Å². The van der Waals surface area contributed by atoms with E-state index in [1.165, 1.54) is 11.2 Å². The van der Waals surface area contributed by atoms with Gasteiger partial charge in [0.05, 0.1) is 11.9 Å². The molecule has 0 saturated heterocycles. The van der Waals surface area contributed by atoms with Gasteiger partial charge in [-0.25, -0.2) is 10.0 Å². The topological polar surface area (TPSA) is 45.0 Å². The summed E-state index contributed by atoms with van der Waals surface area (Å²) in [5.74, 6) is 0. The largest absolute Gasteiger partial charge is 0.299 e. The first-order valence-electron chi connectivity index (χ1n) is 4.48. The van der Waals surface area contributed by atoms with E-state index in [-0.39, 0.29) is 5.17 Å². The summed E-state index contributed by atoms with van der Waals surface area (Å²) in [5.41, 5.74) is 0.727. The van der Waals surface area contributed by atoms with Crippen LogP contribution in [0.5, 0.6) is 0 Å². The minimum absolute atomic E-state index is 0.210. The fourth-order valence-electron chi connectivity index (χ4n) is 1.29. The minimum Gasteiger partial charge on any atom is -0.299 e. The van der Waals surface area contributed by atoms with Crippen LogP contribution in [0.4, 0.5) is 5.69 Å². The molecule has 0 aliphatic carbocycles. The van der Waals surface area contributed by atoms with Crippen LogP contribution in [-0.2, 0) is 4.79 Å². The molecule has 1 unspecified atom stereocenters. The maximum Gasteiger partial charge on any atom is 0.199 e. The first-order valence-corrected chi connectivity index (χ1v) is 5.23. The van der Waals surface area contributed by atoms with Gasteiger partial charge in [-0.3, -0.25) is 4.79 Å². The fraction of sp³-hybridized carbons (Fsp3) is 0.100. The third-order valence-corrected chi connectivity index (χ3v) is 2.45. The van der Waals surface area contributed by atoms with Crippen LogP contribution in [0.1, 0.15) is 0 Å². The van der Waals surface area contributed by atoms with Crippen LogP contribution in [0.15, 0.2) is 34.4 Å². The number of carbonyl (C=O) groups excluding carboxylic acids is 1. The van der Waals surface area contributed by atoms with Crippen LogP contribution < -0.4 is 5.01 Å². The fourth-order valence-corrected chi connectivity index (χ4v) is 1.56. The number of aldehydes is 1. The lowest BCUT2D eigenvalue weighted by Gasteiger charge is -2.24. The Balaban J connectivity index is 2.31. The zero-order valence-electron chi connectivity index (χ0n) is 8.05. The highest BCUT2D eigenvalue weighted by molar-refractivity contribution is 6.80. The van der Waals surface area contributed by atoms with Gasteiger partial charge in [0.1, 0.15) is 5.17 Å². The molecule has 1 aliphatic rings. The van der Waals surface area contributed by atoms with Crippen molar-refractivity contribution in [2.45, 2.75) is 6.17 Å². The molecule has 4 nitrogen and oxygen atoms in total. The van der Waals surface area contributed by atoms with Crippen LogP contribution in [-0.4, -0.2) is 23.8 Å². The number of hydrazone groups is 1. The summed E-state index contributed by atoms with van der Waals surface area (Å²) in [7, 11) is 0. The highest BCUT2D eigenvalue weighted by atomic mass is 35.5. The Labute approximate surface area is 102 Å². The lowest BCUT2D eigenvalue weighted by atomic mass is 10.3. The molecule has 1 heterocycles. The van der Waals surface area contributed by atoms with E-state index in [9.17, 15) is 4.79 Å². The summed E-state index contributed by atoms with van der Waals surface area (Å²) >= 11 is 11.4. The lowest BCUT2D eigenvalue weighted by molar-refractivity contribution is -0.108. The minimum atomic E-state index is -0.723. The molecular formula is C10H7Cl2N3O. The van der Waals surface area contributed by atoms with Gasteiger partial charge in [0, 0.05) is 5.02 Å². The lowest BCUT2D eigenvalue weighted by Crippen LogP contribution is -2.34. The molecule has 16 heavy (non-hydrogen) atoms. The quantitative estimate of drug-likeness (QED) is 0.762. The zero-order valence-corrected chi connectivity index (χ0v) is 9.56. The van der Waals surface area contributed by atoms with Crippen molar-refractivity contribution in [3.05, 3.63) is 29.3 Å². The second-order valence-electron chi connectivity index (χ2n) is 3.07. The van der Waals surface area contributed by atoms with Crippen LogP contribution in [0.2, 0.25) is 5.02 Å². The van der Waals surface area contributed by atoms with Crippen molar-refractivity contribution in [2.75, 3.05) is 5.01 Å². The maximum absolute atomic E-state index is 10.8. The van der Waals surface area contributed by atoms with Crippen LogP contribution in [0.25, 0.3) is 0 Å². The average molecular weight is 256 g/mol. The summed E-state index contributed by atoms with van der Waals surface area (Å²) in [6.07, 6.45) is 1.34. The van der Waals surface area contributed by atoms with Crippen LogP contribution in [0.3, 0.4) is 0 Å². The molecule has 82 valence electrons. The molecule has 0 saturated carbocycles. The van der Waals surface area contributed by atoms with Crippen molar-refractivity contribution in [2.24, 2.45) is 10.1 Å². The van der Waals surface area contributed by atoms with E-state index >= 15 is 0 Å². The molecule has 1 atom stereocenters. The van der Waals surface area contributed by atoms with Gasteiger partial charge in [0.2, 0.25) is 0 Å². The van der Waals surface area contributed by atoms with Gasteiger partial charge in [-0.15, -0.1) is 0 Å². The number of aliphatic imine (C=N–C) groups is 1. The van der Waals surface area contributed by atoms with Gasteiger partial charge >= 0.3 is 0 Å². The second-order valence-corrected chi connectivity index (χ2v) is 3.89. The maximum atomic E-state index is 10.8. The first-order chi connectivity index (χ1) is 7.70. The molecule has 0 spiro atoms. The Kier molecular flexibility index (Phi) is 3.22. The van der Waals surface area contributed by atoms with E-state index in [1.807, 2.05) is 0 Å². The molecule has 1 aromatic carbocycles. The smallest absolute Gasteiger partial charge is 0.199 e. The Morgan fingerprint density at radius 2 is 1.94 bits per heavy atom. The number of rotatable bonds is 2. The highest BCUT2D eigenvalue weighted by Gasteiger charge is 2.20. The Morgan fingerprint density at radius 3 is 2.56 bits per heavy atom. The second kappa shape index (κ2) is 4.63. The van der Waals surface area contributed by atoms with E-state index in [0.717, 1.165) is 5.69 Å². The number of hydrogen-bond acceptors (Lipinski definition) is 4. The summed E-state index contributed by atoms with van der Waals surface area (Å²) < 4.78 is 0. The predicted molar refractivity (Wildman–Crippen MR) is 65.6 cm³/mol. The van der Waals surface area contributed by atoms with Gasteiger partial charge in [0.15, 0.2) is 12.5 Å². The highest BCUT2D eigenvalue weighted by Crippen LogP contribution is 2.21. The summed E-state index contributed by atoms with van der Waals surface area (Å²) in [6, 6.07) is 6.94. The molecule has 0 amide bonds. The number of benzene rings is 1. The van der Waals surface area contributed by atoms with Gasteiger partial charge in [-0.05, 0) is 24.3 Å². The van der Waals surface area contributed by atoms with Gasteiger partial charge < -0.3 is 0 Å². The molecule has 0 fully saturated rings. The van der Waals surface area contributed by atoms with Crippen molar-refractivity contribution < 1.29 is 4.79 Å². The monoisotopic (exact) mass is 255 g/mol. The molecular weight excluding hydrogens is 249 g/mol. The van der Waals surface area contributed by atoms with Crippen LogP contribution in [0, 0.1) is 0 Å². The predicted octanol–water partition coefficient (Wildman–Crippen LogP) is 2.31. The van der Waals surface area contributed by atoms with E-state index in [1.54, 1.807) is 24.3 Å². The molecule has 2 rings (SSSR count). The Bertz CT molecular complexity index is 456. The standard InChI is InChI=1S/C10H7Cl2N3O/c11-7-1-3-8(4-2-7)15-10(6-16)14-9(12)5-13-15/h1-6,10H. The van der Waals surface area contributed by atoms with Crippen molar-refractivity contribution in [3.8, 4) is 0 Å². The van der Waals surface area contributed by atoms with Gasteiger partial charge in [0.25, 0.3) is 0 Å². The molecule has 1 aliphatic heterocycles. The zero-order chi connectivity index (χ0) is 11.5. The normalized spacial score (nSPS) is 19.5. The number of nitrogens with zero attached hydrogens (tertiary/aromatic N) is 3. The van der Waals surface area contributed by atoms with E-state index in [2.05, 4.69) is 10.1 Å². The Morgan fingerprint density at radius 1 is 1.25 bits per heavy atom. The molecule has 0 aromatic heterocycles. The average Bonchev–Trinajstić information content (AvgIpc) is 2.30. The van der Waals surface area contributed by atoms with E-state index in [4.69, 9.17) is 23.2 Å². The summed E-state index contributed by atoms with van der Waals surface area (Å²) in [4.78, 5) is 14.8. The van der Waals surface area contributed by atoms with Gasteiger partial charge in [-0.1, -0.05) is 23.2 Å². The van der Waals surface area contributed by atoms with Crippen LogP contribution >= 0.6 is 23.2 Å². The Hall–Kier alpha value is -1.39. The van der Waals surface area contributed by atoms with Gasteiger partial charge in [-0.2, -0.15) is 5.10 Å². The van der Waals surface area contributed by atoms with Crippen molar-refractivity contribution >= 4 is 46.6 Å². The molecule has 0 N–H and O–H groups in total. The summed E-state index contributed by atoms with van der Waals surface area (Å²) in [5, 5.41) is 6.33. The molecule has 0 radical (unpaired) electrons. The third-order valence-electron chi connectivity index (χ3n) is 2.01. The number of hydrogen-bond donors (Lipinski definition) is 0. The van der Waals surface area contributed by atoms with Crippen molar-refractivity contribution in [1.29, 1.82) is 0 Å². The first kappa shape index (κ1) is 11.1. The van der Waals surface area contributed by atoms with E-state index in [0.29, 0.717) is 11.3 Å². The molecule has 6 heteroatoms. The number of halogens is 2. The summed E-state index contributed by atoms with van der Waals surface area (Å²) in [6.45, 7) is 0. The van der Waals surface area contributed by atoms with E-state index < -0.39 is 6.17 Å². The third kappa shape index (κ3) is 2.23. The van der Waals surface area contributed by atoms with Crippen molar-refractivity contribution in [3.63, 3.8) is 0 Å². The number of carbonyl (C=O) groups is 1.